The second-order valence-corrected chi connectivity index (χ2v) is 7.93. The first-order chi connectivity index (χ1) is 13.8. The van der Waals surface area contributed by atoms with Crippen molar-refractivity contribution in [3.8, 4) is 0 Å². The average molecular weight is 387 g/mol. The average Bonchev–Trinajstić information content (AvgIpc) is 3.40. The zero-order valence-corrected chi connectivity index (χ0v) is 16.0. The summed E-state index contributed by atoms with van der Waals surface area (Å²) in [4.78, 5) is 9.19. The number of nitrogens with zero attached hydrogens (tertiary/aromatic N) is 4. The van der Waals surface area contributed by atoms with Gasteiger partial charge in [0.1, 0.15) is 10.8 Å². The van der Waals surface area contributed by atoms with Gasteiger partial charge in [0.2, 0.25) is 5.13 Å². The highest BCUT2D eigenvalue weighted by molar-refractivity contribution is 7.15. The van der Waals surface area contributed by atoms with Gasteiger partial charge in [-0.05, 0) is 49.2 Å². The zero-order chi connectivity index (χ0) is 18.8. The third-order valence-corrected chi connectivity index (χ3v) is 5.93. The predicted octanol–water partition coefficient (Wildman–Crippen LogP) is 5.43. The van der Waals surface area contributed by atoms with Gasteiger partial charge in [0.15, 0.2) is 0 Å². The Balaban J connectivity index is 1.36. The largest absolute Gasteiger partial charge is 0.354 e. The molecule has 0 aliphatic heterocycles. The van der Waals surface area contributed by atoms with Crippen molar-refractivity contribution in [1.29, 1.82) is 0 Å². The van der Waals surface area contributed by atoms with E-state index in [0.717, 1.165) is 38.4 Å². The van der Waals surface area contributed by atoms with Crippen LogP contribution in [0.4, 0.5) is 22.3 Å². The smallest absolute Gasteiger partial charge is 0.211 e. The molecule has 0 bridgehead atoms. The molecule has 1 aliphatic carbocycles. The van der Waals surface area contributed by atoms with E-state index in [-0.39, 0.29) is 0 Å². The molecule has 0 atom stereocenters. The van der Waals surface area contributed by atoms with Crippen molar-refractivity contribution in [3.63, 3.8) is 0 Å². The number of fused-ring (bicyclic) bond motifs is 1. The first kappa shape index (κ1) is 17.1. The van der Waals surface area contributed by atoms with Gasteiger partial charge in [-0.2, -0.15) is 0 Å². The number of hydrogen-bond acceptors (Lipinski definition) is 7. The van der Waals surface area contributed by atoms with Crippen molar-refractivity contribution in [2.45, 2.75) is 31.6 Å². The van der Waals surface area contributed by atoms with Crippen LogP contribution in [0.2, 0.25) is 0 Å². The van der Waals surface area contributed by atoms with E-state index >= 15 is 0 Å². The summed E-state index contributed by atoms with van der Waals surface area (Å²) in [5.41, 5.74) is 3.55. The Morgan fingerprint density at radius 3 is 2.64 bits per heavy atom. The summed E-state index contributed by atoms with van der Waals surface area (Å²) in [5.74, 6) is 1.32. The highest BCUT2D eigenvalue weighted by Crippen LogP contribution is 2.37. The van der Waals surface area contributed by atoms with Crippen LogP contribution in [0, 0.1) is 6.07 Å². The monoisotopic (exact) mass is 387 g/mol. The molecule has 6 nitrogen and oxygen atoms in total. The SMILES string of the molecule is [c]1ccc(Nc2cnc3ccc(Nc4nnc(C5CCCC5)s4)nc3c2)cc1. The Hall–Kier alpha value is -3.06. The molecule has 28 heavy (non-hydrogen) atoms. The molecule has 7 heteroatoms. The minimum Gasteiger partial charge on any atom is -0.354 e. The third-order valence-electron chi connectivity index (χ3n) is 4.92. The molecule has 1 saturated carbocycles. The van der Waals surface area contributed by atoms with Crippen molar-refractivity contribution in [1.82, 2.24) is 20.2 Å². The van der Waals surface area contributed by atoms with Crippen LogP contribution in [0.25, 0.3) is 11.0 Å². The molecule has 3 aromatic heterocycles. The molecule has 4 aromatic rings. The van der Waals surface area contributed by atoms with Gasteiger partial charge >= 0.3 is 0 Å². The lowest BCUT2D eigenvalue weighted by Crippen LogP contribution is -1.96. The maximum absolute atomic E-state index is 4.70. The summed E-state index contributed by atoms with van der Waals surface area (Å²) in [7, 11) is 0. The second kappa shape index (κ2) is 7.52. The summed E-state index contributed by atoms with van der Waals surface area (Å²) in [6, 6.07) is 16.6. The van der Waals surface area contributed by atoms with Crippen LogP contribution >= 0.6 is 11.3 Å². The van der Waals surface area contributed by atoms with Crippen LogP contribution in [0.1, 0.15) is 36.6 Å². The Labute approximate surface area is 167 Å². The van der Waals surface area contributed by atoms with E-state index in [1.807, 2.05) is 48.7 Å². The number of anilines is 4. The molecule has 5 rings (SSSR count). The fourth-order valence-corrected chi connectivity index (χ4v) is 4.43. The van der Waals surface area contributed by atoms with Gasteiger partial charge in [-0.25, -0.2) is 4.98 Å². The molecule has 139 valence electrons. The molecule has 0 spiro atoms. The number of rotatable bonds is 5. The fourth-order valence-electron chi connectivity index (χ4n) is 3.51. The van der Waals surface area contributed by atoms with Crippen molar-refractivity contribution >= 4 is 44.7 Å². The highest BCUT2D eigenvalue weighted by Gasteiger charge is 2.21. The number of nitrogens with one attached hydrogen (secondary N) is 2. The van der Waals surface area contributed by atoms with Gasteiger partial charge < -0.3 is 10.6 Å². The van der Waals surface area contributed by atoms with Crippen molar-refractivity contribution in [3.05, 3.63) is 59.7 Å². The molecule has 1 radical (unpaired) electrons. The molecule has 1 fully saturated rings. The highest BCUT2D eigenvalue weighted by atomic mass is 32.1. The molecule has 1 aliphatic rings. The molecule has 0 unspecified atom stereocenters. The minimum absolute atomic E-state index is 0.575. The summed E-state index contributed by atoms with van der Waals surface area (Å²) in [5, 5.41) is 17.2. The van der Waals surface area contributed by atoms with Crippen molar-refractivity contribution in [2.24, 2.45) is 0 Å². The molecular formula is C21H19N6S. The van der Waals surface area contributed by atoms with Crippen LogP contribution in [-0.4, -0.2) is 20.2 Å². The lowest BCUT2D eigenvalue weighted by atomic mass is 10.1. The molecule has 0 saturated heterocycles. The summed E-state index contributed by atoms with van der Waals surface area (Å²) < 4.78 is 0. The van der Waals surface area contributed by atoms with E-state index < -0.39 is 0 Å². The topological polar surface area (TPSA) is 75.6 Å². The standard InChI is InChI=1S/C21H19N6S/c1-2-8-15(9-3-1)23-16-12-18-17(22-13-16)10-11-19(24-18)25-21-27-26-20(28-21)14-6-4-5-7-14/h2-3,8-14,23H,4-7H2,(H,24,25,27). The van der Waals surface area contributed by atoms with Crippen LogP contribution in [0.3, 0.4) is 0 Å². The van der Waals surface area contributed by atoms with E-state index in [1.165, 1.54) is 25.7 Å². The molecule has 3 heterocycles. The Morgan fingerprint density at radius 1 is 0.929 bits per heavy atom. The fraction of sp³-hybridized carbons (Fsp3) is 0.238. The van der Waals surface area contributed by atoms with Gasteiger partial charge in [0.25, 0.3) is 0 Å². The Kier molecular flexibility index (Phi) is 4.58. The summed E-state index contributed by atoms with van der Waals surface area (Å²) in [6.45, 7) is 0. The first-order valence-corrected chi connectivity index (χ1v) is 10.3. The third kappa shape index (κ3) is 3.66. The zero-order valence-electron chi connectivity index (χ0n) is 15.2. The van der Waals surface area contributed by atoms with Crippen LogP contribution in [0.15, 0.2) is 48.7 Å². The van der Waals surface area contributed by atoms with E-state index in [4.69, 9.17) is 4.98 Å². The number of benzene rings is 1. The molecule has 2 N–H and O–H groups in total. The van der Waals surface area contributed by atoms with Crippen LogP contribution in [0.5, 0.6) is 0 Å². The normalized spacial score (nSPS) is 14.4. The number of hydrogen-bond donors (Lipinski definition) is 2. The summed E-state index contributed by atoms with van der Waals surface area (Å²) >= 11 is 1.63. The maximum atomic E-state index is 4.70. The number of pyridine rings is 2. The van der Waals surface area contributed by atoms with Crippen LogP contribution < -0.4 is 10.6 Å². The van der Waals surface area contributed by atoms with E-state index in [2.05, 4.69) is 31.9 Å². The lowest BCUT2D eigenvalue weighted by molar-refractivity contribution is 0.705. The van der Waals surface area contributed by atoms with Gasteiger partial charge in [0, 0.05) is 11.6 Å². The van der Waals surface area contributed by atoms with Gasteiger partial charge in [-0.3, -0.25) is 4.98 Å². The minimum atomic E-state index is 0.575. The van der Waals surface area contributed by atoms with Gasteiger partial charge in [0.05, 0.1) is 22.9 Å². The van der Waals surface area contributed by atoms with Gasteiger partial charge in [-0.15, -0.1) is 10.2 Å². The number of aromatic nitrogens is 4. The van der Waals surface area contributed by atoms with Crippen LogP contribution in [-0.2, 0) is 0 Å². The molecule has 1 aromatic carbocycles. The van der Waals surface area contributed by atoms with E-state index in [9.17, 15) is 0 Å². The lowest BCUT2D eigenvalue weighted by Gasteiger charge is -2.07. The summed E-state index contributed by atoms with van der Waals surface area (Å²) in [6.07, 6.45) is 6.85. The molecular weight excluding hydrogens is 368 g/mol. The second-order valence-electron chi connectivity index (χ2n) is 6.92. The van der Waals surface area contributed by atoms with Gasteiger partial charge in [-0.1, -0.05) is 36.3 Å². The van der Waals surface area contributed by atoms with E-state index in [0.29, 0.717) is 5.92 Å². The first-order valence-electron chi connectivity index (χ1n) is 9.44. The van der Waals surface area contributed by atoms with Crippen molar-refractivity contribution in [2.75, 3.05) is 10.6 Å². The Morgan fingerprint density at radius 2 is 1.79 bits per heavy atom. The Bertz CT molecular complexity index is 1090. The maximum Gasteiger partial charge on any atom is 0.211 e. The quantitative estimate of drug-likeness (QED) is 0.476. The predicted molar refractivity (Wildman–Crippen MR) is 112 cm³/mol. The molecule has 0 amide bonds. The van der Waals surface area contributed by atoms with Crippen molar-refractivity contribution < 1.29 is 0 Å². The van der Waals surface area contributed by atoms with E-state index in [1.54, 1.807) is 11.3 Å².